The van der Waals surface area contributed by atoms with Gasteiger partial charge in [-0.15, -0.1) is 22.7 Å². The van der Waals surface area contributed by atoms with Crippen LogP contribution in [-0.4, -0.2) is 11.1 Å². The lowest BCUT2D eigenvalue weighted by molar-refractivity contribution is 0.0703. The lowest BCUT2D eigenvalue weighted by atomic mass is 10.0. The van der Waals surface area contributed by atoms with Crippen molar-refractivity contribution in [3.05, 3.63) is 28.0 Å². The van der Waals surface area contributed by atoms with Gasteiger partial charge in [0.15, 0.2) is 0 Å². The van der Waals surface area contributed by atoms with E-state index in [0.29, 0.717) is 5.69 Å². The number of rotatable bonds is 3. The first-order valence-electron chi connectivity index (χ1n) is 5.21. The third kappa shape index (κ3) is 2.08. The van der Waals surface area contributed by atoms with Crippen molar-refractivity contribution in [1.82, 2.24) is 0 Å². The Kier molecular flexibility index (Phi) is 3.22. The molecule has 0 aromatic carbocycles. The van der Waals surface area contributed by atoms with Gasteiger partial charge in [0, 0.05) is 4.88 Å². The first-order valence-corrected chi connectivity index (χ1v) is 6.91. The molecule has 0 saturated heterocycles. The normalized spacial score (nSPS) is 11.0. The van der Waals surface area contributed by atoms with Crippen LogP contribution in [0.3, 0.4) is 0 Å². The average Bonchev–Trinajstić information content (AvgIpc) is 2.82. The molecule has 17 heavy (non-hydrogen) atoms. The molecule has 2 aromatic rings. The summed E-state index contributed by atoms with van der Waals surface area (Å²) in [6, 6.07) is 3.95. The Labute approximate surface area is 108 Å². The van der Waals surface area contributed by atoms with Crippen molar-refractivity contribution in [2.75, 3.05) is 5.73 Å². The first kappa shape index (κ1) is 12.1. The molecule has 3 N–H and O–H groups in total. The van der Waals surface area contributed by atoms with Crippen LogP contribution < -0.4 is 5.73 Å². The second kappa shape index (κ2) is 4.50. The van der Waals surface area contributed by atoms with Gasteiger partial charge in [-0.3, -0.25) is 0 Å². The molecular formula is C12H13NO2S2. The van der Waals surface area contributed by atoms with Gasteiger partial charge in [0.05, 0.1) is 10.6 Å². The van der Waals surface area contributed by atoms with Gasteiger partial charge in [0.2, 0.25) is 0 Å². The summed E-state index contributed by atoms with van der Waals surface area (Å²) in [6.45, 7) is 4.06. The number of nitrogen functional groups attached to an aromatic ring is 1. The van der Waals surface area contributed by atoms with Crippen LogP contribution in [-0.2, 0) is 0 Å². The molecule has 0 amide bonds. The molecule has 0 bridgehead atoms. The topological polar surface area (TPSA) is 63.3 Å². The quantitative estimate of drug-likeness (QED) is 0.887. The number of hydrogen-bond donors (Lipinski definition) is 2. The molecule has 90 valence electrons. The third-order valence-corrected chi connectivity index (χ3v) is 4.76. The number of carboxylic acid groups (broad SMARTS) is 1. The van der Waals surface area contributed by atoms with E-state index in [2.05, 4.69) is 0 Å². The highest BCUT2D eigenvalue weighted by Gasteiger charge is 2.23. The summed E-state index contributed by atoms with van der Waals surface area (Å²) in [5.74, 6) is -0.728. The Morgan fingerprint density at radius 3 is 2.65 bits per heavy atom. The van der Waals surface area contributed by atoms with E-state index in [1.54, 1.807) is 11.3 Å². The molecule has 5 heteroatoms. The van der Waals surface area contributed by atoms with Gasteiger partial charge in [0.1, 0.15) is 4.88 Å². The van der Waals surface area contributed by atoms with E-state index in [1.807, 2.05) is 31.4 Å². The van der Waals surface area contributed by atoms with Crippen LogP contribution in [0.15, 0.2) is 17.5 Å². The molecule has 2 heterocycles. The second-order valence-corrected chi connectivity index (χ2v) is 5.99. The maximum absolute atomic E-state index is 11.1. The largest absolute Gasteiger partial charge is 0.477 e. The van der Waals surface area contributed by atoms with Crippen molar-refractivity contribution in [2.24, 2.45) is 0 Å². The second-order valence-electron chi connectivity index (χ2n) is 4.02. The number of anilines is 1. The highest BCUT2D eigenvalue weighted by Crippen LogP contribution is 2.43. The summed E-state index contributed by atoms with van der Waals surface area (Å²) in [4.78, 5) is 13.4. The number of thiophene rings is 2. The zero-order valence-electron chi connectivity index (χ0n) is 9.56. The molecule has 0 atom stereocenters. The number of hydrogen-bond acceptors (Lipinski definition) is 4. The van der Waals surface area contributed by atoms with Gasteiger partial charge >= 0.3 is 5.97 Å². The van der Waals surface area contributed by atoms with Crippen LogP contribution in [0, 0.1) is 0 Å². The number of aromatic carboxylic acids is 1. The summed E-state index contributed by atoms with van der Waals surface area (Å²) in [5, 5.41) is 11.1. The standard InChI is InChI=1S/C12H13NO2S2/c1-6(2)8-9(13)11(12(14)15)17-10(8)7-4-3-5-16-7/h3-6H,13H2,1-2H3,(H,14,15). The molecule has 3 nitrogen and oxygen atoms in total. The monoisotopic (exact) mass is 267 g/mol. The van der Waals surface area contributed by atoms with Crippen LogP contribution in [0.4, 0.5) is 5.69 Å². The molecule has 0 unspecified atom stereocenters. The van der Waals surface area contributed by atoms with Crippen LogP contribution in [0.25, 0.3) is 9.75 Å². The Balaban J connectivity index is 2.66. The molecule has 2 aromatic heterocycles. The minimum atomic E-state index is -0.947. The maximum Gasteiger partial charge on any atom is 0.348 e. The smallest absolute Gasteiger partial charge is 0.348 e. The molecule has 0 saturated carbocycles. The Bertz CT molecular complexity index is 541. The molecule has 0 radical (unpaired) electrons. The third-order valence-electron chi connectivity index (χ3n) is 2.50. The molecule has 0 aliphatic carbocycles. The Hall–Kier alpha value is -1.33. The van der Waals surface area contributed by atoms with Crippen molar-refractivity contribution in [3.63, 3.8) is 0 Å². The van der Waals surface area contributed by atoms with Crippen molar-refractivity contribution in [2.45, 2.75) is 19.8 Å². The molecule has 0 aliphatic heterocycles. The maximum atomic E-state index is 11.1. The van der Waals surface area contributed by atoms with Crippen molar-refractivity contribution < 1.29 is 9.90 Å². The Morgan fingerprint density at radius 1 is 1.47 bits per heavy atom. The summed E-state index contributed by atoms with van der Waals surface area (Å²) in [6.07, 6.45) is 0. The van der Waals surface area contributed by atoms with Crippen molar-refractivity contribution >= 4 is 34.3 Å². The fourth-order valence-electron chi connectivity index (χ4n) is 1.78. The van der Waals surface area contributed by atoms with E-state index in [1.165, 1.54) is 11.3 Å². The van der Waals surface area contributed by atoms with Gasteiger partial charge in [-0.2, -0.15) is 0 Å². The molecular weight excluding hydrogens is 254 g/mol. The molecule has 2 rings (SSSR count). The highest BCUT2D eigenvalue weighted by atomic mass is 32.1. The highest BCUT2D eigenvalue weighted by molar-refractivity contribution is 7.22. The van der Waals surface area contributed by atoms with Crippen LogP contribution in [0.5, 0.6) is 0 Å². The SMILES string of the molecule is CC(C)c1c(-c2cccs2)sc(C(=O)O)c1N. The predicted molar refractivity (Wildman–Crippen MR) is 73.1 cm³/mol. The van der Waals surface area contributed by atoms with E-state index >= 15 is 0 Å². The zero-order chi connectivity index (χ0) is 12.6. The van der Waals surface area contributed by atoms with Gasteiger partial charge in [-0.05, 0) is 22.9 Å². The fourth-order valence-corrected chi connectivity index (χ4v) is 3.86. The lowest BCUT2D eigenvalue weighted by Gasteiger charge is -2.07. The van der Waals surface area contributed by atoms with E-state index in [-0.39, 0.29) is 10.8 Å². The van der Waals surface area contributed by atoms with E-state index in [0.717, 1.165) is 15.3 Å². The first-order chi connectivity index (χ1) is 8.02. The predicted octanol–water partition coefficient (Wildman–Crippen LogP) is 3.88. The fraction of sp³-hybridized carbons (Fsp3) is 0.250. The average molecular weight is 267 g/mol. The summed E-state index contributed by atoms with van der Waals surface area (Å²) in [5.41, 5.74) is 7.32. The van der Waals surface area contributed by atoms with Gasteiger partial charge < -0.3 is 10.8 Å². The van der Waals surface area contributed by atoms with Gasteiger partial charge in [-0.1, -0.05) is 19.9 Å². The summed E-state index contributed by atoms with van der Waals surface area (Å²) < 4.78 is 0. The summed E-state index contributed by atoms with van der Waals surface area (Å²) in [7, 11) is 0. The van der Waals surface area contributed by atoms with Crippen molar-refractivity contribution in [3.8, 4) is 9.75 Å². The van der Waals surface area contributed by atoms with E-state index in [9.17, 15) is 4.79 Å². The number of carbonyl (C=O) groups is 1. The molecule has 0 spiro atoms. The minimum Gasteiger partial charge on any atom is -0.477 e. The lowest BCUT2D eigenvalue weighted by Crippen LogP contribution is -2.00. The minimum absolute atomic E-state index is 0.219. The zero-order valence-corrected chi connectivity index (χ0v) is 11.2. The van der Waals surface area contributed by atoms with Crippen molar-refractivity contribution in [1.29, 1.82) is 0 Å². The van der Waals surface area contributed by atoms with E-state index in [4.69, 9.17) is 10.8 Å². The number of nitrogens with two attached hydrogens (primary N) is 1. The van der Waals surface area contributed by atoms with Crippen LogP contribution in [0.1, 0.15) is 35.0 Å². The number of carboxylic acids is 1. The van der Waals surface area contributed by atoms with Gasteiger partial charge in [0.25, 0.3) is 0 Å². The molecule has 0 fully saturated rings. The van der Waals surface area contributed by atoms with Crippen LogP contribution in [0.2, 0.25) is 0 Å². The van der Waals surface area contributed by atoms with E-state index < -0.39 is 5.97 Å². The summed E-state index contributed by atoms with van der Waals surface area (Å²) >= 11 is 2.87. The molecule has 0 aliphatic rings. The van der Waals surface area contributed by atoms with Gasteiger partial charge in [-0.25, -0.2) is 4.79 Å². The Morgan fingerprint density at radius 2 is 2.18 bits per heavy atom. The van der Waals surface area contributed by atoms with Crippen LogP contribution >= 0.6 is 22.7 Å².